The molecule has 1 fully saturated rings. The van der Waals surface area contributed by atoms with Crippen molar-refractivity contribution < 1.29 is 9.21 Å². The Bertz CT molecular complexity index is 507. The lowest BCUT2D eigenvalue weighted by Gasteiger charge is -2.02. The zero-order chi connectivity index (χ0) is 11.1. The van der Waals surface area contributed by atoms with Crippen LogP contribution in [0.15, 0.2) is 34.7 Å². The Labute approximate surface area is 102 Å². The number of furan rings is 1. The molecule has 0 N–H and O–H groups in total. The molecule has 3 rings (SSSR count). The molecule has 2 nitrogen and oxygen atoms in total. The molecule has 16 heavy (non-hydrogen) atoms. The Morgan fingerprint density at radius 1 is 1.38 bits per heavy atom. The topological polar surface area (TPSA) is 30.2 Å². The van der Waals surface area contributed by atoms with Crippen molar-refractivity contribution in [2.75, 3.05) is 0 Å². The minimum Gasteiger partial charge on any atom is -0.453 e. The first-order chi connectivity index (χ1) is 7.75. The molecule has 1 saturated carbocycles. The third-order valence-electron chi connectivity index (χ3n) is 2.95. The molecule has 1 atom stereocenters. The largest absolute Gasteiger partial charge is 0.453 e. The number of Topliss-reactive ketones (excluding diaryl/α,β-unsaturated/α-hetero) is 1. The highest BCUT2D eigenvalue weighted by atomic mass is 79.9. The van der Waals surface area contributed by atoms with Gasteiger partial charge in [-0.05, 0) is 30.9 Å². The van der Waals surface area contributed by atoms with Crippen molar-refractivity contribution in [2.45, 2.75) is 17.7 Å². The Balaban J connectivity index is 1.95. The summed E-state index contributed by atoms with van der Waals surface area (Å²) in [4.78, 5) is 12.0. The predicted molar refractivity (Wildman–Crippen MR) is 66.0 cm³/mol. The molecule has 1 aliphatic rings. The van der Waals surface area contributed by atoms with E-state index >= 15 is 0 Å². The smallest absolute Gasteiger partial charge is 0.211 e. The average molecular weight is 279 g/mol. The van der Waals surface area contributed by atoms with Gasteiger partial charge in [-0.1, -0.05) is 34.1 Å². The van der Waals surface area contributed by atoms with Crippen LogP contribution in [0.25, 0.3) is 11.0 Å². The molecule has 2 aromatic rings. The van der Waals surface area contributed by atoms with Crippen LogP contribution in [0.3, 0.4) is 0 Å². The number of hydrogen-bond acceptors (Lipinski definition) is 2. The lowest BCUT2D eigenvalue weighted by molar-refractivity contribution is 0.0960. The second-order valence-corrected chi connectivity index (χ2v) is 5.24. The summed E-state index contributed by atoms with van der Waals surface area (Å²) < 4.78 is 5.55. The van der Waals surface area contributed by atoms with E-state index in [1.165, 1.54) is 0 Å². The second kappa shape index (κ2) is 3.74. The van der Waals surface area contributed by atoms with Gasteiger partial charge in [0.05, 0.1) is 4.83 Å². The van der Waals surface area contributed by atoms with E-state index in [4.69, 9.17) is 4.42 Å². The van der Waals surface area contributed by atoms with Crippen LogP contribution in [0.4, 0.5) is 0 Å². The normalized spacial score (nSPS) is 17.6. The van der Waals surface area contributed by atoms with Crippen LogP contribution in [-0.4, -0.2) is 10.6 Å². The van der Waals surface area contributed by atoms with E-state index in [1.54, 1.807) is 0 Å². The standard InChI is InChI=1S/C13H11BrO2/c14-12(8-5-6-8)13(15)11-7-9-3-1-2-4-10(9)16-11/h1-4,7-8,12H,5-6H2. The van der Waals surface area contributed by atoms with E-state index in [-0.39, 0.29) is 10.6 Å². The molecular formula is C13H11BrO2. The summed E-state index contributed by atoms with van der Waals surface area (Å²) in [5.41, 5.74) is 0.779. The van der Waals surface area contributed by atoms with Crippen molar-refractivity contribution in [3.8, 4) is 0 Å². The first-order valence-electron chi connectivity index (χ1n) is 5.42. The van der Waals surface area contributed by atoms with Crippen LogP contribution < -0.4 is 0 Å². The van der Waals surface area contributed by atoms with Gasteiger partial charge in [0.2, 0.25) is 5.78 Å². The van der Waals surface area contributed by atoms with Gasteiger partial charge in [0, 0.05) is 5.39 Å². The quantitative estimate of drug-likeness (QED) is 0.632. The van der Waals surface area contributed by atoms with Crippen LogP contribution in [-0.2, 0) is 0 Å². The summed E-state index contributed by atoms with van der Waals surface area (Å²) >= 11 is 3.45. The zero-order valence-electron chi connectivity index (χ0n) is 8.65. The molecule has 1 unspecified atom stereocenters. The number of ketones is 1. The molecular weight excluding hydrogens is 268 g/mol. The summed E-state index contributed by atoms with van der Waals surface area (Å²) in [5, 5.41) is 0.987. The number of fused-ring (bicyclic) bond motifs is 1. The minimum atomic E-state index is -0.0759. The van der Waals surface area contributed by atoms with E-state index in [2.05, 4.69) is 15.9 Å². The maximum absolute atomic E-state index is 12.1. The Hall–Kier alpha value is -1.09. The minimum absolute atomic E-state index is 0.0682. The van der Waals surface area contributed by atoms with Gasteiger partial charge in [0.1, 0.15) is 5.58 Å². The maximum Gasteiger partial charge on any atom is 0.211 e. The maximum atomic E-state index is 12.1. The number of para-hydroxylation sites is 1. The third kappa shape index (κ3) is 1.69. The van der Waals surface area contributed by atoms with Crippen LogP contribution >= 0.6 is 15.9 Å². The number of carbonyl (C=O) groups excluding carboxylic acids is 1. The molecule has 1 heterocycles. The van der Waals surface area contributed by atoms with Gasteiger partial charge in [-0.15, -0.1) is 0 Å². The molecule has 0 radical (unpaired) electrons. The van der Waals surface area contributed by atoms with Gasteiger partial charge < -0.3 is 4.42 Å². The molecule has 0 bridgehead atoms. The Morgan fingerprint density at radius 3 is 2.81 bits per heavy atom. The van der Waals surface area contributed by atoms with Crippen molar-refractivity contribution in [2.24, 2.45) is 5.92 Å². The van der Waals surface area contributed by atoms with Crippen molar-refractivity contribution >= 4 is 32.7 Å². The van der Waals surface area contributed by atoms with Crippen molar-refractivity contribution in [1.29, 1.82) is 0 Å². The van der Waals surface area contributed by atoms with E-state index < -0.39 is 0 Å². The molecule has 1 aromatic heterocycles. The molecule has 1 aliphatic carbocycles. The summed E-state index contributed by atoms with van der Waals surface area (Å²) in [5.74, 6) is 1.04. The van der Waals surface area contributed by atoms with Crippen LogP contribution in [0.2, 0.25) is 0 Å². The summed E-state index contributed by atoms with van der Waals surface area (Å²) in [6.07, 6.45) is 2.28. The molecule has 0 amide bonds. The molecule has 0 aliphatic heterocycles. The molecule has 0 saturated heterocycles. The number of alkyl halides is 1. The lowest BCUT2D eigenvalue weighted by atomic mass is 10.1. The van der Waals surface area contributed by atoms with E-state index in [1.807, 2.05) is 30.3 Å². The van der Waals surface area contributed by atoms with Crippen molar-refractivity contribution in [1.82, 2.24) is 0 Å². The van der Waals surface area contributed by atoms with Crippen LogP contribution in [0.5, 0.6) is 0 Å². The van der Waals surface area contributed by atoms with Crippen LogP contribution in [0, 0.1) is 5.92 Å². The first kappa shape index (κ1) is 10.1. The first-order valence-corrected chi connectivity index (χ1v) is 6.34. The second-order valence-electron chi connectivity index (χ2n) is 4.25. The number of carbonyl (C=O) groups is 1. The van der Waals surface area contributed by atoms with Crippen molar-refractivity contribution in [3.05, 3.63) is 36.1 Å². The number of hydrogen-bond donors (Lipinski definition) is 0. The molecule has 1 aromatic carbocycles. The van der Waals surface area contributed by atoms with E-state index in [0.29, 0.717) is 11.7 Å². The fraction of sp³-hybridized carbons (Fsp3) is 0.308. The van der Waals surface area contributed by atoms with Crippen LogP contribution in [0.1, 0.15) is 23.4 Å². The number of rotatable bonds is 3. The van der Waals surface area contributed by atoms with Gasteiger partial charge in [-0.2, -0.15) is 0 Å². The molecule has 82 valence electrons. The van der Waals surface area contributed by atoms with Crippen molar-refractivity contribution in [3.63, 3.8) is 0 Å². The fourth-order valence-electron chi connectivity index (χ4n) is 1.84. The highest BCUT2D eigenvalue weighted by Gasteiger charge is 2.35. The monoisotopic (exact) mass is 278 g/mol. The number of benzene rings is 1. The Kier molecular flexibility index (Phi) is 2.36. The fourth-order valence-corrected chi connectivity index (χ4v) is 2.60. The average Bonchev–Trinajstić information content (AvgIpc) is 3.06. The highest BCUT2D eigenvalue weighted by molar-refractivity contribution is 9.10. The zero-order valence-corrected chi connectivity index (χ0v) is 10.2. The summed E-state index contributed by atoms with van der Waals surface area (Å²) in [6.45, 7) is 0. The van der Waals surface area contributed by atoms with Gasteiger partial charge in [-0.3, -0.25) is 4.79 Å². The van der Waals surface area contributed by atoms with Gasteiger partial charge >= 0.3 is 0 Å². The van der Waals surface area contributed by atoms with Gasteiger partial charge in [0.15, 0.2) is 5.76 Å². The van der Waals surface area contributed by atoms with Gasteiger partial charge in [0.25, 0.3) is 0 Å². The summed E-state index contributed by atoms with van der Waals surface area (Å²) in [6, 6.07) is 9.52. The molecule has 0 spiro atoms. The highest BCUT2D eigenvalue weighted by Crippen LogP contribution is 2.38. The van der Waals surface area contributed by atoms with E-state index in [0.717, 1.165) is 23.8 Å². The third-order valence-corrected chi connectivity index (χ3v) is 4.12. The number of halogens is 1. The van der Waals surface area contributed by atoms with Gasteiger partial charge in [-0.25, -0.2) is 0 Å². The van der Waals surface area contributed by atoms with E-state index in [9.17, 15) is 4.79 Å². The predicted octanol–water partition coefficient (Wildman–Crippen LogP) is 3.79. The summed E-state index contributed by atoms with van der Waals surface area (Å²) in [7, 11) is 0. The Morgan fingerprint density at radius 2 is 2.12 bits per heavy atom. The molecule has 3 heteroatoms. The SMILES string of the molecule is O=C(c1cc2ccccc2o1)C(Br)C1CC1. The lowest BCUT2D eigenvalue weighted by Crippen LogP contribution is -2.15.